The van der Waals surface area contributed by atoms with Crippen molar-refractivity contribution < 1.29 is 9.53 Å². The molecule has 0 aliphatic rings. The largest absolute Gasteiger partial charge is 0.497 e. The normalized spacial score (nSPS) is 12.1. The highest BCUT2D eigenvalue weighted by Crippen LogP contribution is 2.17. The van der Waals surface area contributed by atoms with Gasteiger partial charge in [0.25, 0.3) is 0 Å². The maximum atomic E-state index is 12.0. The van der Waals surface area contributed by atoms with Crippen LogP contribution >= 0.6 is 11.6 Å². The van der Waals surface area contributed by atoms with Gasteiger partial charge in [0.05, 0.1) is 12.8 Å². The van der Waals surface area contributed by atoms with Gasteiger partial charge in [-0.15, -0.1) is 0 Å². The quantitative estimate of drug-likeness (QED) is 0.809. The molecule has 0 radical (unpaired) electrons. The fourth-order valence-electron chi connectivity index (χ4n) is 1.79. The number of nitrogens with one attached hydrogen (secondary N) is 1. The summed E-state index contributed by atoms with van der Waals surface area (Å²) in [5.41, 5.74) is 1.64. The summed E-state index contributed by atoms with van der Waals surface area (Å²) >= 11 is 5.80. The highest BCUT2D eigenvalue weighted by Gasteiger charge is 2.11. The number of amides is 1. The maximum Gasteiger partial charge on any atom is 0.246 e. The molecule has 1 atom stereocenters. The van der Waals surface area contributed by atoms with Crippen molar-refractivity contribution >= 4 is 23.2 Å². The number of nitrogens with zero attached hydrogens (tertiary/aromatic N) is 2. The van der Waals surface area contributed by atoms with Crippen molar-refractivity contribution in [1.29, 1.82) is 0 Å². The highest BCUT2D eigenvalue weighted by molar-refractivity contribution is 6.30. The Labute approximate surface area is 140 Å². The zero-order valence-corrected chi connectivity index (χ0v) is 13.7. The van der Waals surface area contributed by atoms with E-state index in [9.17, 15) is 4.79 Å². The number of carbonyl (C=O) groups excluding carboxylic acids is 1. The van der Waals surface area contributed by atoms with Crippen molar-refractivity contribution in [3.8, 4) is 5.75 Å². The van der Waals surface area contributed by atoms with Crippen molar-refractivity contribution in [2.45, 2.75) is 19.5 Å². The summed E-state index contributed by atoms with van der Waals surface area (Å²) in [4.78, 5) is 12.0. The van der Waals surface area contributed by atoms with Gasteiger partial charge in [-0.2, -0.15) is 10.2 Å². The van der Waals surface area contributed by atoms with Crippen molar-refractivity contribution in [3.63, 3.8) is 0 Å². The summed E-state index contributed by atoms with van der Waals surface area (Å²) in [5, 5.41) is 11.5. The zero-order valence-electron chi connectivity index (χ0n) is 13.0. The summed E-state index contributed by atoms with van der Waals surface area (Å²) in [5.74, 6) is 0.601. The molecule has 0 bridgehead atoms. The molecule has 120 valence electrons. The van der Waals surface area contributed by atoms with Gasteiger partial charge in [-0.25, -0.2) is 0 Å². The lowest BCUT2D eigenvalue weighted by molar-refractivity contribution is -0.122. The first-order valence-electron chi connectivity index (χ1n) is 7.15. The van der Waals surface area contributed by atoms with Crippen molar-refractivity contribution in [2.24, 2.45) is 10.2 Å². The van der Waals surface area contributed by atoms with Gasteiger partial charge in [-0.1, -0.05) is 23.7 Å². The van der Waals surface area contributed by atoms with Crippen molar-refractivity contribution in [3.05, 3.63) is 59.1 Å². The monoisotopic (exact) mass is 331 g/mol. The van der Waals surface area contributed by atoms with E-state index in [1.54, 1.807) is 38.3 Å². The van der Waals surface area contributed by atoms with Crippen LogP contribution in [-0.4, -0.2) is 19.1 Å². The lowest BCUT2D eigenvalue weighted by Crippen LogP contribution is -2.30. The van der Waals surface area contributed by atoms with Gasteiger partial charge in [-0.05, 0) is 48.9 Å². The summed E-state index contributed by atoms with van der Waals surface area (Å²) in [7, 11) is 1.62. The van der Waals surface area contributed by atoms with E-state index >= 15 is 0 Å². The Balaban J connectivity index is 1.85. The number of benzene rings is 2. The number of methoxy groups -OCH3 is 1. The number of rotatable bonds is 6. The molecule has 0 aliphatic carbocycles. The van der Waals surface area contributed by atoms with Crippen LogP contribution in [0.15, 0.2) is 58.8 Å². The van der Waals surface area contributed by atoms with Gasteiger partial charge in [0.1, 0.15) is 11.8 Å². The molecule has 0 heterocycles. The molecular formula is C17H18ClN3O2. The van der Waals surface area contributed by atoms with Crippen LogP contribution in [0.2, 0.25) is 5.02 Å². The van der Waals surface area contributed by atoms with Crippen LogP contribution < -0.4 is 10.1 Å². The summed E-state index contributed by atoms with van der Waals surface area (Å²) in [6.45, 7) is 2.13. The molecule has 0 saturated carbocycles. The van der Waals surface area contributed by atoms with E-state index in [0.29, 0.717) is 17.3 Å². The molecule has 2 aromatic rings. The minimum absolute atomic E-state index is 0.182. The van der Waals surface area contributed by atoms with E-state index in [4.69, 9.17) is 16.3 Å². The fourth-order valence-corrected chi connectivity index (χ4v) is 1.92. The molecule has 0 aromatic heterocycles. The zero-order chi connectivity index (χ0) is 16.7. The van der Waals surface area contributed by atoms with Gasteiger partial charge in [0.2, 0.25) is 5.91 Å². The summed E-state index contributed by atoms with van der Waals surface area (Å²) in [6.07, 6.45) is 0. The molecule has 6 heteroatoms. The van der Waals surface area contributed by atoms with E-state index in [0.717, 1.165) is 11.3 Å². The first-order valence-corrected chi connectivity index (χ1v) is 7.53. The van der Waals surface area contributed by atoms with E-state index in [2.05, 4.69) is 15.5 Å². The smallest absolute Gasteiger partial charge is 0.246 e. The second kappa shape index (κ2) is 8.29. The minimum atomic E-state index is -0.566. The molecule has 0 aliphatic heterocycles. The molecule has 5 nitrogen and oxygen atoms in total. The first-order chi connectivity index (χ1) is 11.1. The van der Waals surface area contributed by atoms with Crippen LogP contribution in [0.5, 0.6) is 5.75 Å². The molecule has 1 N–H and O–H groups in total. The third-order valence-corrected chi connectivity index (χ3v) is 3.43. The number of azo groups is 1. The van der Waals surface area contributed by atoms with Crippen LogP contribution in [0.1, 0.15) is 12.5 Å². The molecule has 0 spiro atoms. The number of carbonyl (C=O) groups is 1. The Kier molecular flexibility index (Phi) is 6.11. The van der Waals surface area contributed by atoms with E-state index < -0.39 is 6.04 Å². The highest BCUT2D eigenvalue weighted by atomic mass is 35.5. The Morgan fingerprint density at radius 3 is 2.43 bits per heavy atom. The predicted octanol–water partition coefficient (Wildman–Crippen LogP) is 4.14. The van der Waals surface area contributed by atoms with Gasteiger partial charge in [0, 0.05) is 11.6 Å². The second-order valence-electron chi connectivity index (χ2n) is 4.93. The van der Waals surface area contributed by atoms with E-state index in [1.807, 2.05) is 24.3 Å². The number of ether oxygens (including phenoxy) is 1. The molecular weight excluding hydrogens is 314 g/mol. The molecule has 2 rings (SSSR count). The third-order valence-electron chi connectivity index (χ3n) is 3.18. The molecule has 23 heavy (non-hydrogen) atoms. The Hall–Kier alpha value is -2.40. The number of hydrogen-bond acceptors (Lipinski definition) is 4. The van der Waals surface area contributed by atoms with Gasteiger partial charge in [0.15, 0.2) is 0 Å². The molecule has 2 aromatic carbocycles. The Bertz CT molecular complexity index is 669. The lowest BCUT2D eigenvalue weighted by atomic mass is 10.2. The van der Waals surface area contributed by atoms with Gasteiger partial charge in [-0.3, -0.25) is 4.79 Å². The van der Waals surface area contributed by atoms with Crippen LogP contribution in [0.4, 0.5) is 5.69 Å². The Morgan fingerprint density at radius 2 is 1.83 bits per heavy atom. The lowest BCUT2D eigenvalue weighted by Gasteiger charge is -2.08. The summed E-state index contributed by atoms with van der Waals surface area (Å²) in [6, 6.07) is 13.9. The summed E-state index contributed by atoms with van der Waals surface area (Å²) < 4.78 is 5.09. The molecule has 1 unspecified atom stereocenters. The minimum Gasteiger partial charge on any atom is -0.497 e. The van der Waals surface area contributed by atoms with E-state index in [-0.39, 0.29) is 5.91 Å². The Morgan fingerprint density at radius 1 is 1.17 bits per heavy atom. The SMILES string of the molecule is COc1ccc(CNC(=O)C(C)N=Nc2ccc(Cl)cc2)cc1. The van der Waals surface area contributed by atoms with Gasteiger partial charge < -0.3 is 10.1 Å². The van der Waals surface area contributed by atoms with Crippen molar-refractivity contribution in [2.75, 3.05) is 7.11 Å². The molecule has 0 saturated heterocycles. The number of halogens is 1. The average Bonchev–Trinajstić information content (AvgIpc) is 2.59. The fraction of sp³-hybridized carbons (Fsp3) is 0.235. The molecule has 0 fully saturated rings. The van der Waals surface area contributed by atoms with Crippen molar-refractivity contribution in [1.82, 2.24) is 5.32 Å². The topological polar surface area (TPSA) is 63.0 Å². The number of hydrogen-bond donors (Lipinski definition) is 1. The van der Waals surface area contributed by atoms with Crippen LogP contribution in [-0.2, 0) is 11.3 Å². The van der Waals surface area contributed by atoms with E-state index in [1.165, 1.54) is 0 Å². The predicted molar refractivity (Wildman–Crippen MR) is 90.3 cm³/mol. The first kappa shape index (κ1) is 17.0. The van der Waals surface area contributed by atoms with Gasteiger partial charge >= 0.3 is 0 Å². The molecule has 1 amide bonds. The van der Waals surface area contributed by atoms with Crippen LogP contribution in [0.3, 0.4) is 0 Å². The standard InChI is InChI=1S/C17H18ClN3O2/c1-12(20-21-15-7-5-14(18)6-8-15)17(22)19-11-13-3-9-16(23-2)10-4-13/h3-10,12H,11H2,1-2H3,(H,19,22). The second-order valence-corrected chi connectivity index (χ2v) is 5.37. The average molecular weight is 332 g/mol. The van der Waals surface area contributed by atoms with Crippen LogP contribution in [0, 0.1) is 0 Å². The van der Waals surface area contributed by atoms with Crippen LogP contribution in [0.25, 0.3) is 0 Å². The maximum absolute atomic E-state index is 12.0. The third kappa shape index (κ3) is 5.38.